The van der Waals surface area contributed by atoms with Crippen LogP contribution in [0.4, 0.5) is 5.69 Å². The van der Waals surface area contributed by atoms with E-state index in [-0.39, 0.29) is 23.4 Å². The fourth-order valence-electron chi connectivity index (χ4n) is 2.13. The largest absolute Gasteiger partial charge is 0.370 e. The number of guanidine groups is 2. The van der Waals surface area contributed by atoms with Crippen LogP contribution >= 0.6 is 0 Å². The minimum atomic E-state index is -2.84. The standard InChI is InChI=1S/C13H20N6O2S/c14-12(15)18-13(16)17-11-3-1-10(2-4-11)9-19-5-7-22(20,21)8-6-19/h1-4H,5-9H2,(H6,14,15,16,17,18). The van der Waals surface area contributed by atoms with E-state index in [1.54, 1.807) is 0 Å². The third kappa shape index (κ3) is 5.01. The summed E-state index contributed by atoms with van der Waals surface area (Å²) in [4.78, 5) is 9.82. The van der Waals surface area contributed by atoms with E-state index in [4.69, 9.17) is 17.2 Å². The van der Waals surface area contributed by atoms with Crippen LogP contribution in [0.3, 0.4) is 0 Å². The Kier molecular flexibility index (Phi) is 4.99. The Bertz CT molecular complexity index is 663. The zero-order valence-electron chi connectivity index (χ0n) is 12.1. The van der Waals surface area contributed by atoms with Gasteiger partial charge in [0.15, 0.2) is 15.8 Å². The Morgan fingerprint density at radius 2 is 1.68 bits per heavy atom. The first kappa shape index (κ1) is 16.2. The highest BCUT2D eigenvalue weighted by Crippen LogP contribution is 2.15. The van der Waals surface area contributed by atoms with E-state index in [1.807, 2.05) is 24.3 Å². The van der Waals surface area contributed by atoms with Gasteiger partial charge in [0.2, 0.25) is 5.96 Å². The Morgan fingerprint density at radius 1 is 1.09 bits per heavy atom. The molecular formula is C13H20N6O2S. The summed E-state index contributed by atoms with van der Waals surface area (Å²) in [5.74, 6) is 0.307. The van der Waals surface area contributed by atoms with Gasteiger partial charge in [0.1, 0.15) is 0 Å². The average Bonchev–Trinajstić information content (AvgIpc) is 2.42. The third-order valence-electron chi connectivity index (χ3n) is 3.27. The molecule has 1 fully saturated rings. The van der Waals surface area contributed by atoms with E-state index in [9.17, 15) is 8.42 Å². The second kappa shape index (κ2) is 6.75. The molecular weight excluding hydrogens is 304 g/mol. The van der Waals surface area contributed by atoms with Crippen molar-refractivity contribution in [3.05, 3.63) is 29.8 Å². The van der Waals surface area contributed by atoms with Crippen LogP contribution in [-0.2, 0) is 16.4 Å². The summed E-state index contributed by atoms with van der Waals surface area (Å²) < 4.78 is 22.8. The molecule has 8 nitrogen and oxygen atoms in total. The summed E-state index contributed by atoms with van der Waals surface area (Å²) in [5.41, 5.74) is 17.7. The smallest absolute Gasteiger partial charge is 0.223 e. The first-order chi connectivity index (χ1) is 10.3. The topological polar surface area (TPSA) is 140 Å². The maximum Gasteiger partial charge on any atom is 0.223 e. The van der Waals surface area contributed by atoms with E-state index in [2.05, 4.69) is 14.9 Å². The fourth-order valence-corrected chi connectivity index (χ4v) is 3.41. The lowest BCUT2D eigenvalue weighted by atomic mass is 10.2. The van der Waals surface area contributed by atoms with E-state index in [0.717, 1.165) is 5.56 Å². The molecule has 0 atom stereocenters. The number of benzene rings is 1. The molecule has 0 aromatic heterocycles. The molecule has 0 spiro atoms. The highest BCUT2D eigenvalue weighted by atomic mass is 32.2. The van der Waals surface area contributed by atoms with Gasteiger partial charge in [0.25, 0.3) is 0 Å². The van der Waals surface area contributed by atoms with Gasteiger partial charge in [-0.2, -0.15) is 4.99 Å². The molecule has 0 saturated carbocycles. The van der Waals surface area contributed by atoms with Gasteiger partial charge in [0, 0.05) is 19.6 Å². The molecule has 1 saturated heterocycles. The van der Waals surface area contributed by atoms with Crippen molar-refractivity contribution in [3.8, 4) is 0 Å². The molecule has 6 N–H and O–H groups in total. The van der Waals surface area contributed by atoms with Crippen molar-refractivity contribution in [1.29, 1.82) is 0 Å². The van der Waals surface area contributed by atoms with Crippen LogP contribution in [0, 0.1) is 0 Å². The molecule has 9 heteroatoms. The van der Waals surface area contributed by atoms with Crippen LogP contribution < -0.4 is 17.2 Å². The Balaban J connectivity index is 1.97. The van der Waals surface area contributed by atoms with Gasteiger partial charge < -0.3 is 17.2 Å². The Labute approximate surface area is 129 Å². The van der Waals surface area contributed by atoms with Crippen LogP contribution in [0.25, 0.3) is 0 Å². The number of nitrogens with zero attached hydrogens (tertiary/aromatic N) is 3. The van der Waals surface area contributed by atoms with Crippen molar-refractivity contribution in [2.24, 2.45) is 27.2 Å². The fraction of sp³-hybridized carbons (Fsp3) is 0.385. The monoisotopic (exact) mass is 324 g/mol. The first-order valence-corrected chi connectivity index (χ1v) is 8.62. The van der Waals surface area contributed by atoms with Crippen LogP contribution in [-0.4, -0.2) is 49.8 Å². The van der Waals surface area contributed by atoms with Gasteiger partial charge in [0.05, 0.1) is 17.2 Å². The van der Waals surface area contributed by atoms with Gasteiger partial charge in [-0.3, -0.25) is 4.90 Å². The summed E-state index contributed by atoms with van der Waals surface area (Å²) >= 11 is 0. The second-order valence-corrected chi connectivity index (χ2v) is 7.40. The maximum atomic E-state index is 11.4. The summed E-state index contributed by atoms with van der Waals surface area (Å²) in [6, 6.07) is 7.46. The molecule has 120 valence electrons. The molecule has 1 aromatic rings. The third-order valence-corrected chi connectivity index (χ3v) is 4.88. The molecule has 2 rings (SSSR count). The van der Waals surface area contributed by atoms with Gasteiger partial charge in [-0.25, -0.2) is 13.4 Å². The molecule has 1 aliphatic rings. The lowest BCUT2D eigenvalue weighted by molar-refractivity contribution is 0.287. The van der Waals surface area contributed by atoms with Gasteiger partial charge >= 0.3 is 0 Å². The van der Waals surface area contributed by atoms with Crippen molar-refractivity contribution in [1.82, 2.24) is 4.90 Å². The lowest BCUT2D eigenvalue weighted by Crippen LogP contribution is -2.39. The van der Waals surface area contributed by atoms with Gasteiger partial charge in [-0.1, -0.05) is 12.1 Å². The summed E-state index contributed by atoms with van der Waals surface area (Å²) in [6.07, 6.45) is 0. The minimum absolute atomic E-state index is 0.00557. The van der Waals surface area contributed by atoms with Gasteiger partial charge in [-0.05, 0) is 17.7 Å². The zero-order valence-corrected chi connectivity index (χ0v) is 13.0. The highest BCUT2D eigenvalue weighted by molar-refractivity contribution is 7.91. The van der Waals surface area contributed by atoms with E-state index in [0.29, 0.717) is 25.3 Å². The van der Waals surface area contributed by atoms with Crippen LogP contribution in [0.1, 0.15) is 5.56 Å². The molecule has 0 amide bonds. The van der Waals surface area contributed by atoms with Crippen molar-refractivity contribution in [2.45, 2.75) is 6.54 Å². The molecule has 0 bridgehead atoms. The molecule has 1 heterocycles. The number of sulfone groups is 1. The predicted octanol–water partition coefficient (Wildman–Crippen LogP) is -0.863. The van der Waals surface area contributed by atoms with Crippen LogP contribution in [0.2, 0.25) is 0 Å². The summed E-state index contributed by atoms with van der Waals surface area (Å²) in [7, 11) is -2.84. The SMILES string of the molecule is NC(N)=NC(N)=Nc1ccc(CN2CCS(=O)(=O)CC2)cc1. The minimum Gasteiger partial charge on any atom is -0.370 e. The number of hydrogen-bond donors (Lipinski definition) is 3. The van der Waals surface area contributed by atoms with Crippen molar-refractivity contribution in [2.75, 3.05) is 24.6 Å². The molecule has 1 aliphatic heterocycles. The molecule has 0 aliphatic carbocycles. The van der Waals surface area contributed by atoms with Gasteiger partial charge in [-0.15, -0.1) is 0 Å². The number of rotatable bonds is 3. The summed E-state index contributed by atoms with van der Waals surface area (Å²) in [5, 5.41) is 0. The normalized spacial score (nSPS) is 18.8. The molecule has 0 unspecified atom stereocenters. The number of nitrogens with two attached hydrogens (primary N) is 3. The number of hydrogen-bond acceptors (Lipinski definition) is 4. The molecule has 1 aromatic carbocycles. The van der Waals surface area contributed by atoms with Crippen molar-refractivity contribution in [3.63, 3.8) is 0 Å². The molecule has 22 heavy (non-hydrogen) atoms. The maximum absolute atomic E-state index is 11.4. The molecule has 0 radical (unpaired) electrons. The number of aliphatic imine (C=N–C) groups is 2. The quantitative estimate of drug-likeness (QED) is 0.488. The lowest BCUT2D eigenvalue weighted by Gasteiger charge is -2.26. The second-order valence-electron chi connectivity index (χ2n) is 5.10. The first-order valence-electron chi connectivity index (χ1n) is 6.79. The van der Waals surface area contributed by atoms with E-state index < -0.39 is 9.84 Å². The van der Waals surface area contributed by atoms with E-state index >= 15 is 0 Å². The zero-order chi connectivity index (χ0) is 16.2. The van der Waals surface area contributed by atoms with Crippen molar-refractivity contribution >= 4 is 27.4 Å². The average molecular weight is 324 g/mol. The van der Waals surface area contributed by atoms with Crippen LogP contribution in [0.15, 0.2) is 34.3 Å². The Hall–Kier alpha value is -2.13. The predicted molar refractivity (Wildman–Crippen MR) is 87.5 cm³/mol. The van der Waals surface area contributed by atoms with E-state index in [1.165, 1.54) is 0 Å². The highest BCUT2D eigenvalue weighted by Gasteiger charge is 2.21. The Morgan fingerprint density at radius 3 is 2.23 bits per heavy atom. The van der Waals surface area contributed by atoms with Crippen LogP contribution in [0.5, 0.6) is 0 Å². The summed E-state index contributed by atoms with van der Waals surface area (Å²) in [6.45, 7) is 1.85. The van der Waals surface area contributed by atoms with Crippen molar-refractivity contribution < 1.29 is 8.42 Å².